The van der Waals surface area contributed by atoms with Crippen LogP contribution in [0.4, 0.5) is 0 Å². The number of oxime groups is 1. The first kappa shape index (κ1) is 27.0. The second kappa shape index (κ2) is 11.5. The molecule has 7 nitrogen and oxygen atoms in total. The molecule has 0 saturated carbocycles. The predicted octanol–water partition coefficient (Wildman–Crippen LogP) is 6.89. The van der Waals surface area contributed by atoms with Gasteiger partial charge in [0.15, 0.2) is 0 Å². The van der Waals surface area contributed by atoms with Crippen LogP contribution in [0.15, 0.2) is 88.9 Å². The van der Waals surface area contributed by atoms with Gasteiger partial charge >= 0.3 is 5.97 Å². The Morgan fingerprint density at radius 1 is 1.00 bits per heavy atom. The lowest BCUT2D eigenvalue weighted by Gasteiger charge is -2.21. The largest absolute Gasteiger partial charge is 0.478 e. The van der Waals surface area contributed by atoms with Crippen molar-refractivity contribution in [3.8, 4) is 11.5 Å². The Labute approximate surface area is 229 Å². The molecule has 0 saturated heterocycles. The molecule has 1 heterocycles. The molecule has 2 N–H and O–H groups in total. The van der Waals surface area contributed by atoms with Gasteiger partial charge in [0.25, 0.3) is 0 Å². The molecule has 38 heavy (non-hydrogen) atoms. The van der Waals surface area contributed by atoms with E-state index >= 15 is 0 Å². The number of carboxylic acids is 1. The van der Waals surface area contributed by atoms with Crippen LogP contribution in [0.3, 0.4) is 0 Å². The molecule has 0 bridgehead atoms. The number of carboxylic acid groups (broad SMARTS) is 1. The van der Waals surface area contributed by atoms with E-state index in [1.54, 1.807) is 37.5 Å². The van der Waals surface area contributed by atoms with Crippen molar-refractivity contribution in [2.45, 2.75) is 19.3 Å². The SMILES string of the molecule is Cc1cc(Cl)ccc1C(C/C(=N\O)c1ccc(=O)n(C)c1)c1ccc(Oc2ccc(Cl)c(C(=O)O)c2)cc1. The minimum absolute atomic E-state index is 0.0479. The molecule has 0 fully saturated rings. The molecule has 1 atom stereocenters. The first-order valence-electron chi connectivity index (χ1n) is 11.6. The van der Waals surface area contributed by atoms with Crippen LogP contribution in [0.1, 0.15) is 45.0 Å². The maximum absolute atomic E-state index is 11.9. The van der Waals surface area contributed by atoms with E-state index in [-0.39, 0.29) is 22.1 Å². The van der Waals surface area contributed by atoms with Crippen molar-refractivity contribution >= 4 is 34.9 Å². The number of carbonyl (C=O) groups is 1. The van der Waals surface area contributed by atoms with E-state index in [1.165, 1.54) is 22.8 Å². The number of halogens is 2. The third kappa shape index (κ3) is 6.07. The van der Waals surface area contributed by atoms with Gasteiger partial charge in [0.2, 0.25) is 5.56 Å². The van der Waals surface area contributed by atoms with Gasteiger partial charge < -0.3 is 19.6 Å². The Bertz CT molecular complexity index is 1580. The van der Waals surface area contributed by atoms with Crippen LogP contribution in [0, 0.1) is 6.92 Å². The highest BCUT2D eigenvalue weighted by molar-refractivity contribution is 6.33. The number of aryl methyl sites for hydroxylation is 2. The van der Waals surface area contributed by atoms with Crippen LogP contribution < -0.4 is 10.3 Å². The number of benzene rings is 3. The molecule has 0 radical (unpaired) electrons. The molecule has 4 rings (SSSR count). The van der Waals surface area contributed by atoms with Crippen LogP contribution in [0.25, 0.3) is 0 Å². The van der Waals surface area contributed by atoms with E-state index in [2.05, 4.69) is 5.16 Å². The lowest BCUT2D eigenvalue weighted by atomic mass is 9.83. The van der Waals surface area contributed by atoms with E-state index in [9.17, 15) is 19.9 Å². The average molecular weight is 551 g/mol. The fraction of sp³-hybridized carbons (Fsp3) is 0.138. The first-order chi connectivity index (χ1) is 18.2. The van der Waals surface area contributed by atoms with Crippen LogP contribution in [0.5, 0.6) is 11.5 Å². The quantitative estimate of drug-likeness (QED) is 0.141. The fourth-order valence-corrected chi connectivity index (χ4v) is 4.67. The number of hydrogen-bond acceptors (Lipinski definition) is 5. The summed E-state index contributed by atoms with van der Waals surface area (Å²) in [6, 6.07) is 20.5. The van der Waals surface area contributed by atoms with Gasteiger partial charge in [-0.25, -0.2) is 4.79 Å². The van der Waals surface area contributed by atoms with Gasteiger partial charge in [-0.2, -0.15) is 0 Å². The molecule has 9 heteroatoms. The van der Waals surface area contributed by atoms with E-state index in [0.717, 1.165) is 16.7 Å². The summed E-state index contributed by atoms with van der Waals surface area (Å²) < 4.78 is 7.30. The van der Waals surface area contributed by atoms with Crippen molar-refractivity contribution in [2.24, 2.45) is 12.2 Å². The van der Waals surface area contributed by atoms with Crippen molar-refractivity contribution in [3.05, 3.63) is 127 Å². The Morgan fingerprint density at radius 3 is 2.34 bits per heavy atom. The predicted molar refractivity (Wildman–Crippen MR) is 148 cm³/mol. The number of hydrogen-bond donors (Lipinski definition) is 2. The smallest absolute Gasteiger partial charge is 0.337 e. The maximum Gasteiger partial charge on any atom is 0.337 e. The minimum Gasteiger partial charge on any atom is -0.478 e. The number of nitrogens with zero attached hydrogens (tertiary/aromatic N) is 2. The van der Waals surface area contributed by atoms with E-state index in [0.29, 0.717) is 34.2 Å². The zero-order valence-corrected chi connectivity index (χ0v) is 22.1. The summed E-state index contributed by atoms with van der Waals surface area (Å²) in [7, 11) is 1.64. The summed E-state index contributed by atoms with van der Waals surface area (Å²) in [6.45, 7) is 1.97. The van der Waals surface area contributed by atoms with Gasteiger partial charge in [-0.3, -0.25) is 4.79 Å². The Balaban J connectivity index is 1.68. The summed E-state index contributed by atoms with van der Waals surface area (Å²) in [4.78, 5) is 23.2. The molecule has 0 amide bonds. The molecule has 4 aromatic rings. The lowest BCUT2D eigenvalue weighted by molar-refractivity contribution is 0.0696. The fourth-order valence-electron chi connectivity index (χ4n) is 4.25. The van der Waals surface area contributed by atoms with E-state index in [4.69, 9.17) is 27.9 Å². The highest BCUT2D eigenvalue weighted by Crippen LogP contribution is 2.35. The first-order valence-corrected chi connectivity index (χ1v) is 12.4. The van der Waals surface area contributed by atoms with E-state index in [1.807, 2.05) is 37.3 Å². The lowest BCUT2D eigenvalue weighted by Crippen LogP contribution is -2.18. The van der Waals surface area contributed by atoms with Crippen molar-refractivity contribution in [1.82, 2.24) is 4.57 Å². The van der Waals surface area contributed by atoms with Crippen molar-refractivity contribution in [2.75, 3.05) is 0 Å². The summed E-state index contributed by atoms with van der Waals surface area (Å²) in [6.07, 6.45) is 1.98. The van der Waals surface area contributed by atoms with Gasteiger partial charge in [-0.05, 0) is 72.1 Å². The van der Waals surface area contributed by atoms with Crippen LogP contribution in [-0.4, -0.2) is 26.6 Å². The Morgan fingerprint density at radius 2 is 1.71 bits per heavy atom. The molecule has 1 unspecified atom stereocenters. The molecule has 0 aliphatic carbocycles. The highest BCUT2D eigenvalue weighted by atomic mass is 35.5. The third-order valence-electron chi connectivity index (χ3n) is 6.23. The number of pyridine rings is 1. The van der Waals surface area contributed by atoms with Crippen molar-refractivity contribution in [3.63, 3.8) is 0 Å². The minimum atomic E-state index is -1.14. The number of rotatable bonds is 8. The normalized spacial score (nSPS) is 12.3. The monoisotopic (exact) mass is 550 g/mol. The zero-order valence-electron chi connectivity index (χ0n) is 20.6. The second-order valence-electron chi connectivity index (χ2n) is 8.79. The number of ether oxygens (including phenoxy) is 1. The molecule has 194 valence electrons. The Kier molecular flexibility index (Phi) is 8.20. The van der Waals surface area contributed by atoms with Gasteiger partial charge in [-0.1, -0.05) is 46.6 Å². The topological polar surface area (TPSA) is 101 Å². The molecule has 0 aliphatic heterocycles. The molecule has 1 aromatic heterocycles. The maximum atomic E-state index is 11.9. The third-order valence-corrected chi connectivity index (χ3v) is 6.80. The molecular formula is C29H24Cl2N2O5. The molecule has 0 aliphatic rings. The van der Waals surface area contributed by atoms with Gasteiger partial charge in [0, 0.05) is 42.2 Å². The van der Waals surface area contributed by atoms with Crippen molar-refractivity contribution in [1.29, 1.82) is 0 Å². The molecular weight excluding hydrogens is 527 g/mol. The van der Waals surface area contributed by atoms with Crippen LogP contribution >= 0.6 is 23.2 Å². The summed E-state index contributed by atoms with van der Waals surface area (Å²) in [5, 5.41) is 23.5. The summed E-state index contributed by atoms with van der Waals surface area (Å²) in [5.74, 6) is -0.502. The molecule has 3 aromatic carbocycles. The zero-order chi connectivity index (χ0) is 27.4. The Hall–Kier alpha value is -4.07. The standard InChI is InChI=1S/C29H24Cl2N2O5/c1-17-13-20(30)6-10-23(17)24(15-27(32-37)19-5-12-28(34)33(2)16-19)18-3-7-21(8-4-18)38-22-9-11-26(31)25(14-22)29(35)36/h3-14,16,24,37H,15H2,1-2H3,(H,35,36)/b32-27+. The van der Waals surface area contributed by atoms with Crippen LogP contribution in [0.2, 0.25) is 10.0 Å². The average Bonchev–Trinajstić information content (AvgIpc) is 2.89. The second-order valence-corrected chi connectivity index (χ2v) is 9.63. The summed E-state index contributed by atoms with van der Waals surface area (Å²) in [5.41, 5.74) is 3.74. The number of aromatic carboxylic acids is 1. The summed E-state index contributed by atoms with van der Waals surface area (Å²) >= 11 is 12.2. The van der Waals surface area contributed by atoms with Crippen LogP contribution in [-0.2, 0) is 7.05 Å². The number of aromatic nitrogens is 1. The van der Waals surface area contributed by atoms with Gasteiger partial charge in [0.1, 0.15) is 11.5 Å². The van der Waals surface area contributed by atoms with Gasteiger partial charge in [0.05, 0.1) is 16.3 Å². The highest BCUT2D eigenvalue weighted by Gasteiger charge is 2.21. The van der Waals surface area contributed by atoms with Crippen molar-refractivity contribution < 1.29 is 19.8 Å². The molecule has 0 spiro atoms. The van der Waals surface area contributed by atoms with E-state index < -0.39 is 5.97 Å². The van der Waals surface area contributed by atoms with Gasteiger partial charge in [-0.15, -0.1) is 0 Å².